The number of rotatable bonds is 5. The predicted octanol–water partition coefficient (Wildman–Crippen LogP) is 5.41. The van der Waals surface area contributed by atoms with E-state index in [0.29, 0.717) is 25.0 Å². The van der Waals surface area contributed by atoms with E-state index in [9.17, 15) is 14.7 Å². The second-order valence-corrected chi connectivity index (χ2v) is 9.80. The number of nitrogens with zero attached hydrogens (tertiary/aromatic N) is 1. The number of nitrogens with one attached hydrogen (secondary N) is 1. The number of aromatic nitrogens is 1. The molecule has 1 atom stereocenters. The third kappa shape index (κ3) is 3.88. The molecule has 0 bridgehead atoms. The van der Waals surface area contributed by atoms with Crippen LogP contribution in [0.2, 0.25) is 0 Å². The van der Waals surface area contributed by atoms with Gasteiger partial charge in [0.1, 0.15) is 5.92 Å². The Morgan fingerprint density at radius 3 is 2.58 bits per heavy atom. The van der Waals surface area contributed by atoms with Crippen molar-refractivity contribution in [1.82, 2.24) is 9.88 Å². The van der Waals surface area contributed by atoms with E-state index in [0.717, 1.165) is 28.9 Å². The minimum absolute atomic E-state index is 0.0471. The number of para-hydroxylation sites is 1. The standard InChI is InChI=1S/C28H28N2O3/c1-28(2)15-24-26(25(31)16-28)21(27(32)33)14-23(18-8-4-3-5-9-18)30(24)13-12-19-17-29-22-11-7-6-10-20(19)22/h3-11,14,17,21,29H,12-13,15-16H2,1-2H3,(H,32,33). The monoisotopic (exact) mass is 440 g/mol. The molecule has 168 valence electrons. The van der Waals surface area contributed by atoms with Crippen molar-refractivity contribution in [2.45, 2.75) is 33.1 Å². The number of Topliss-reactive ketones (excluding diaryl/α,β-unsaturated/α-hetero) is 1. The van der Waals surface area contributed by atoms with Crippen LogP contribution in [0, 0.1) is 11.3 Å². The van der Waals surface area contributed by atoms with Gasteiger partial charge in [-0.3, -0.25) is 9.59 Å². The van der Waals surface area contributed by atoms with Gasteiger partial charge in [-0.05, 0) is 41.5 Å². The van der Waals surface area contributed by atoms with Crippen LogP contribution in [0.15, 0.2) is 78.1 Å². The van der Waals surface area contributed by atoms with E-state index in [-0.39, 0.29) is 11.2 Å². The number of allylic oxidation sites excluding steroid dienone is 1. The molecule has 5 nitrogen and oxygen atoms in total. The number of H-pyrrole nitrogens is 1. The van der Waals surface area contributed by atoms with Crippen molar-refractivity contribution in [2.24, 2.45) is 11.3 Å². The third-order valence-corrected chi connectivity index (χ3v) is 6.76. The van der Waals surface area contributed by atoms with E-state index in [1.807, 2.05) is 48.7 Å². The van der Waals surface area contributed by atoms with Crippen LogP contribution in [0.3, 0.4) is 0 Å². The molecule has 1 unspecified atom stereocenters. The highest BCUT2D eigenvalue weighted by Crippen LogP contribution is 2.46. The highest BCUT2D eigenvalue weighted by Gasteiger charge is 2.43. The first-order valence-corrected chi connectivity index (χ1v) is 11.4. The van der Waals surface area contributed by atoms with Crippen LogP contribution in [-0.2, 0) is 16.0 Å². The lowest BCUT2D eigenvalue weighted by atomic mass is 9.71. The van der Waals surface area contributed by atoms with Gasteiger partial charge in [0.2, 0.25) is 0 Å². The van der Waals surface area contributed by atoms with Crippen LogP contribution >= 0.6 is 0 Å². The first kappa shape index (κ1) is 21.3. The Morgan fingerprint density at radius 1 is 1.09 bits per heavy atom. The number of benzene rings is 2. The number of carboxylic acids is 1. The van der Waals surface area contributed by atoms with Gasteiger partial charge in [-0.2, -0.15) is 0 Å². The topological polar surface area (TPSA) is 73.4 Å². The smallest absolute Gasteiger partial charge is 0.315 e. The summed E-state index contributed by atoms with van der Waals surface area (Å²) in [7, 11) is 0. The summed E-state index contributed by atoms with van der Waals surface area (Å²) in [5.74, 6) is -1.93. The molecular weight excluding hydrogens is 412 g/mol. The number of aliphatic carboxylic acids is 1. The van der Waals surface area contributed by atoms with Gasteiger partial charge in [-0.25, -0.2) is 0 Å². The van der Waals surface area contributed by atoms with Crippen molar-refractivity contribution in [3.63, 3.8) is 0 Å². The summed E-state index contributed by atoms with van der Waals surface area (Å²) in [4.78, 5) is 30.9. The van der Waals surface area contributed by atoms with Crippen LogP contribution < -0.4 is 0 Å². The Bertz CT molecular complexity index is 1300. The van der Waals surface area contributed by atoms with E-state index >= 15 is 0 Å². The summed E-state index contributed by atoms with van der Waals surface area (Å²) >= 11 is 0. The van der Waals surface area contributed by atoms with Gasteiger partial charge < -0.3 is 15.0 Å². The zero-order valence-electron chi connectivity index (χ0n) is 19.0. The van der Waals surface area contributed by atoms with E-state index in [1.165, 1.54) is 10.9 Å². The third-order valence-electron chi connectivity index (χ3n) is 6.76. The maximum absolute atomic E-state index is 13.2. The van der Waals surface area contributed by atoms with Crippen LogP contribution in [-0.4, -0.2) is 33.3 Å². The summed E-state index contributed by atoms with van der Waals surface area (Å²) in [5, 5.41) is 11.2. The Morgan fingerprint density at radius 2 is 1.82 bits per heavy atom. The molecule has 0 saturated carbocycles. The predicted molar refractivity (Wildman–Crippen MR) is 129 cm³/mol. The molecule has 0 fully saturated rings. The summed E-state index contributed by atoms with van der Waals surface area (Å²) in [6, 6.07) is 18.1. The van der Waals surface area contributed by atoms with E-state index in [4.69, 9.17) is 0 Å². The second kappa shape index (κ2) is 8.07. The van der Waals surface area contributed by atoms with Crippen molar-refractivity contribution in [3.8, 4) is 0 Å². The second-order valence-electron chi connectivity index (χ2n) is 9.80. The SMILES string of the molecule is CC1(C)CC(=O)C2=C(C1)N(CCc1c[nH]c3ccccc13)C(c1ccccc1)=CC2C(=O)O. The van der Waals surface area contributed by atoms with Gasteiger partial charge in [0.15, 0.2) is 5.78 Å². The number of ketones is 1. The van der Waals surface area contributed by atoms with Crippen molar-refractivity contribution in [2.75, 3.05) is 6.54 Å². The van der Waals surface area contributed by atoms with Gasteiger partial charge in [0, 0.05) is 47.0 Å². The Hall–Kier alpha value is -3.60. The van der Waals surface area contributed by atoms with Crippen molar-refractivity contribution < 1.29 is 14.7 Å². The number of hydrogen-bond acceptors (Lipinski definition) is 3. The van der Waals surface area contributed by atoms with Gasteiger partial charge in [0.05, 0.1) is 0 Å². The Labute approximate surface area is 193 Å². The minimum Gasteiger partial charge on any atom is -0.481 e. The molecule has 2 aliphatic rings. The molecule has 1 aliphatic carbocycles. The molecule has 0 spiro atoms. The number of hydrogen-bond donors (Lipinski definition) is 2. The molecule has 1 aromatic heterocycles. The van der Waals surface area contributed by atoms with E-state index in [2.05, 4.69) is 35.9 Å². The molecule has 5 rings (SSSR count). The highest BCUT2D eigenvalue weighted by molar-refractivity contribution is 6.04. The molecule has 0 amide bonds. The van der Waals surface area contributed by atoms with Crippen LogP contribution in [0.4, 0.5) is 0 Å². The largest absolute Gasteiger partial charge is 0.481 e. The molecule has 0 radical (unpaired) electrons. The fourth-order valence-electron chi connectivity index (χ4n) is 5.25. The summed E-state index contributed by atoms with van der Waals surface area (Å²) < 4.78 is 0. The number of aromatic amines is 1. The average molecular weight is 441 g/mol. The fraction of sp³-hybridized carbons (Fsp3) is 0.286. The van der Waals surface area contributed by atoms with Crippen LogP contribution in [0.5, 0.6) is 0 Å². The summed E-state index contributed by atoms with van der Waals surface area (Å²) in [6.07, 6.45) is 5.64. The Kier molecular flexibility index (Phi) is 5.20. The molecule has 2 N–H and O–H groups in total. The van der Waals surface area contributed by atoms with E-state index < -0.39 is 11.9 Å². The first-order valence-electron chi connectivity index (χ1n) is 11.4. The van der Waals surface area contributed by atoms with Gasteiger partial charge in [-0.15, -0.1) is 0 Å². The molecule has 2 heterocycles. The quantitative estimate of drug-likeness (QED) is 0.556. The maximum atomic E-state index is 13.2. The van der Waals surface area contributed by atoms with Crippen LogP contribution in [0.25, 0.3) is 16.6 Å². The number of carbonyl (C=O) groups is 2. The first-order chi connectivity index (χ1) is 15.8. The highest BCUT2D eigenvalue weighted by atomic mass is 16.4. The van der Waals surface area contributed by atoms with Crippen molar-refractivity contribution in [3.05, 3.63) is 89.3 Å². The molecular formula is C28H28N2O3. The number of carbonyl (C=O) groups excluding carboxylic acids is 1. The van der Waals surface area contributed by atoms with Crippen LogP contribution in [0.1, 0.15) is 37.8 Å². The zero-order valence-corrected chi connectivity index (χ0v) is 19.0. The fourth-order valence-corrected chi connectivity index (χ4v) is 5.25. The molecule has 5 heteroatoms. The molecule has 1 aliphatic heterocycles. The van der Waals surface area contributed by atoms with Gasteiger partial charge in [0.25, 0.3) is 0 Å². The lowest BCUT2D eigenvalue weighted by molar-refractivity contribution is -0.140. The summed E-state index contributed by atoms with van der Waals surface area (Å²) in [6.45, 7) is 4.84. The maximum Gasteiger partial charge on any atom is 0.315 e. The molecule has 33 heavy (non-hydrogen) atoms. The van der Waals surface area contributed by atoms with Gasteiger partial charge >= 0.3 is 5.97 Å². The van der Waals surface area contributed by atoms with Crippen molar-refractivity contribution in [1.29, 1.82) is 0 Å². The zero-order chi connectivity index (χ0) is 23.2. The molecule has 0 saturated heterocycles. The van der Waals surface area contributed by atoms with E-state index in [1.54, 1.807) is 6.08 Å². The minimum atomic E-state index is -0.972. The lowest BCUT2D eigenvalue weighted by Crippen LogP contribution is -2.40. The number of carboxylic acid groups (broad SMARTS) is 1. The number of fused-ring (bicyclic) bond motifs is 1. The molecule has 3 aromatic rings. The Balaban J connectivity index is 1.59. The normalized spacial score (nSPS) is 20.1. The average Bonchev–Trinajstić information content (AvgIpc) is 3.20. The van der Waals surface area contributed by atoms with Crippen molar-refractivity contribution >= 4 is 28.4 Å². The lowest BCUT2D eigenvalue weighted by Gasteiger charge is -2.43. The van der Waals surface area contributed by atoms with Gasteiger partial charge in [-0.1, -0.05) is 62.4 Å². The molecule has 2 aromatic carbocycles. The summed E-state index contributed by atoms with van der Waals surface area (Å²) in [5.41, 5.74) is 5.26.